The molecule has 0 bridgehead atoms. The summed E-state index contributed by atoms with van der Waals surface area (Å²) in [6.07, 6.45) is 15.4. The maximum absolute atomic E-state index is 13.5. The average molecular weight is 902 g/mol. The molecular weight excluding hydrogens is 807 g/mol. The Bertz CT molecular complexity index is 1540. The van der Waals surface area contributed by atoms with Crippen LogP contribution >= 0.6 is 0 Å². The Morgan fingerprint density at radius 3 is 1.38 bits per heavy atom. The summed E-state index contributed by atoms with van der Waals surface area (Å²) in [6, 6.07) is 25.0. The number of nitrogens with one attached hydrogen (secondary N) is 2. The van der Waals surface area contributed by atoms with Gasteiger partial charge in [-0.2, -0.15) is 0 Å². The number of anilines is 1. The molecule has 10 nitrogen and oxygen atoms in total. The number of aryl methyl sites for hydroxylation is 1. The summed E-state index contributed by atoms with van der Waals surface area (Å²) in [5.74, 6) is 1.85. The summed E-state index contributed by atoms with van der Waals surface area (Å²) >= 11 is 0. The van der Waals surface area contributed by atoms with Crippen molar-refractivity contribution in [3.63, 3.8) is 0 Å². The van der Waals surface area contributed by atoms with E-state index < -0.39 is 0 Å². The van der Waals surface area contributed by atoms with E-state index in [0.29, 0.717) is 19.7 Å². The van der Waals surface area contributed by atoms with Crippen molar-refractivity contribution in [3.8, 4) is 11.5 Å². The highest BCUT2D eigenvalue weighted by Gasteiger charge is 2.17. The van der Waals surface area contributed by atoms with Crippen molar-refractivity contribution < 1.29 is 14.3 Å². The Morgan fingerprint density at radius 2 is 0.923 bits per heavy atom. The molecule has 0 radical (unpaired) electrons. The summed E-state index contributed by atoms with van der Waals surface area (Å²) in [5, 5.41) is 6.73. The van der Waals surface area contributed by atoms with E-state index >= 15 is 0 Å². The van der Waals surface area contributed by atoms with Crippen LogP contribution in [0.5, 0.6) is 11.5 Å². The first-order valence-electron chi connectivity index (χ1n) is 25.6. The minimum atomic E-state index is -0.0498. The van der Waals surface area contributed by atoms with Crippen LogP contribution in [0.25, 0.3) is 0 Å². The number of rotatable bonds is 36. The quantitative estimate of drug-likeness (QED) is 0.0559. The number of carbonyl (C=O) groups excluding carboxylic acids is 1. The Balaban J connectivity index is 0.000000485. The third kappa shape index (κ3) is 28.9. The number of ether oxygens (including phenoxy) is 2. The Hall–Kier alpha value is -3.67. The van der Waals surface area contributed by atoms with E-state index in [2.05, 4.69) is 142 Å². The highest BCUT2D eigenvalue weighted by atomic mass is 16.5. The summed E-state index contributed by atoms with van der Waals surface area (Å²) < 4.78 is 11.7. The normalized spacial score (nSPS) is 11.3. The smallest absolute Gasteiger partial charge is 0.322 e. The molecule has 0 saturated heterocycles. The molecule has 3 aromatic carbocycles. The van der Waals surface area contributed by atoms with E-state index in [1.807, 2.05) is 29.2 Å². The Labute approximate surface area is 398 Å². The molecule has 0 atom stereocenters. The van der Waals surface area contributed by atoms with Gasteiger partial charge < -0.3 is 44.6 Å². The van der Waals surface area contributed by atoms with Crippen LogP contribution < -0.4 is 20.1 Å². The number of carbonyl (C=O) groups is 1. The fourth-order valence-electron chi connectivity index (χ4n) is 7.28. The average Bonchev–Trinajstić information content (AvgIpc) is 3.31. The van der Waals surface area contributed by atoms with Crippen LogP contribution in [-0.2, 0) is 19.5 Å². The van der Waals surface area contributed by atoms with Gasteiger partial charge in [0.1, 0.15) is 11.5 Å². The summed E-state index contributed by atoms with van der Waals surface area (Å²) in [6.45, 7) is 24.7. The lowest BCUT2D eigenvalue weighted by molar-refractivity contribution is 0.188. The molecular formula is C55H95N7O3. The summed E-state index contributed by atoms with van der Waals surface area (Å²) in [7, 11) is 8.33. The van der Waals surface area contributed by atoms with E-state index in [-0.39, 0.29) is 6.03 Å². The first kappa shape index (κ1) is 57.5. The third-order valence-corrected chi connectivity index (χ3v) is 11.5. The minimum Gasteiger partial charge on any atom is -0.494 e. The molecule has 0 heterocycles. The Morgan fingerprint density at radius 1 is 0.477 bits per heavy atom. The van der Waals surface area contributed by atoms with E-state index in [1.54, 1.807) is 0 Å². The maximum atomic E-state index is 13.5. The van der Waals surface area contributed by atoms with Gasteiger partial charge in [0.2, 0.25) is 0 Å². The van der Waals surface area contributed by atoms with Gasteiger partial charge in [-0.05, 0) is 159 Å². The van der Waals surface area contributed by atoms with Gasteiger partial charge in [-0.25, -0.2) is 4.79 Å². The SMILES string of the molecule is CCCCN(CCCC)CCNCc1ccc(OCCCN(C)C)cc1.CCCCc1ccc(NC(=O)N(CCN(CCCC)CCCC)Cc2ccc(OCCCN(C)C)cc2)cc1. The van der Waals surface area contributed by atoms with E-state index in [1.165, 1.54) is 88.4 Å². The second kappa shape index (κ2) is 37.4. The first-order valence-corrected chi connectivity index (χ1v) is 25.6. The summed E-state index contributed by atoms with van der Waals surface area (Å²) in [4.78, 5) is 24.9. The van der Waals surface area contributed by atoms with Gasteiger partial charge >= 0.3 is 6.03 Å². The number of unbranched alkanes of at least 4 members (excludes halogenated alkanes) is 5. The summed E-state index contributed by atoms with van der Waals surface area (Å²) in [5.41, 5.74) is 4.59. The molecule has 2 N–H and O–H groups in total. The maximum Gasteiger partial charge on any atom is 0.322 e. The van der Waals surface area contributed by atoms with Crippen LogP contribution in [0.2, 0.25) is 0 Å². The van der Waals surface area contributed by atoms with Gasteiger partial charge in [0, 0.05) is 58.0 Å². The van der Waals surface area contributed by atoms with Crippen molar-refractivity contribution >= 4 is 11.7 Å². The molecule has 0 aliphatic rings. The van der Waals surface area contributed by atoms with Gasteiger partial charge in [-0.1, -0.05) is 103 Å². The second-order valence-corrected chi connectivity index (χ2v) is 18.2. The second-order valence-electron chi connectivity index (χ2n) is 18.2. The highest BCUT2D eigenvalue weighted by molar-refractivity contribution is 5.89. The number of hydrogen-bond donors (Lipinski definition) is 2. The fraction of sp³-hybridized carbons (Fsp3) is 0.655. The van der Waals surface area contributed by atoms with Gasteiger partial charge in [0.15, 0.2) is 0 Å². The molecule has 3 rings (SSSR count). The molecule has 65 heavy (non-hydrogen) atoms. The third-order valence-electron chi connectivity index (χ3n) is 11.5. The minimum absolute atomic E-state index is 0.0498. The highest BCUT2D eigenvalue weighted by Crippen LogP contribution is 2.17. The van der Waals surface area contributed by atoms with Crippen molar-refractivity contribution in [1.29, 1.82) is 0 Å². The van der Waals surface area contributed by atoms with Crippen molar-refractivity contribution in [3.05, 3.63) is 89.5 Å². The van der Waals surface area contributed by atoms with Crippen LogP contribution in [0.15, 0.2) is 72.8 Å². The van der Waals surface area contributed by atoms with Crippen LogP contribution in [0.1, 0.15) is 128 Å². The Kier molecular flexibility index (Phi) is 33.1. The van der Waals surface area contributed by atoms with Crippen molar-refractivity contribution in [2.45, 2.75) is 131 Å². The number of urea groups is 1. The predicted molar refractivity (Wildman–Crippen MR) is 279 cm³/mol. The lowest BCUT2D eigenvalue weighted by Gasteiger charge is -2.28. The fourth-order valence-corrected chi connectivity index (χ4v) is 7.28. The van der Waals surface area contributed by atoms with Crippen LogP contribution in [0.4, 0.5) is 10.5 Å². The molecule has 0 fully saturated rings. The molecule has 0 aliphatic heterocycles. The van der Waals surface area contributed by atoms with Crippen molar-refractivity contribution in [1.82, 2.24) is 29.8 Å². The predicted octanol–water partition coefficient (Wildman–Crippen LogP) is 11.3. The number of amides is 2. The van der Waals surface area contributed by atoms with Crippen LogP contribution in [0, 0.1) is 0 Å². The number of hydrogen-bond acceptors (Lipinski definition) is 8. The monoisotopic (exact) mass is 902 g/mol. The lowest BCUT2D eigenvalue weighted by atomic mass is 10.1. The topological polar surface area (TPSA) is 75.8 Å². The van der Waals surface area contributed by atoms with Gasteiger partial charge in [0.05, 0.1) is 13.2 Å². The molecule has 0 aliphatic carbocycles. The molecule has 2 amide bonds. The van der Waals surface area contributed by atoms with E-state index in [0.717, 1.165) is 101 Å². The molecule has 0 spiro atoms. The van der Waals surface area contributed by atoms with Gasteiger partial charge in [0.25, 0.3) is 0 Å². The van der Waals surface area contributed by atoms with Gasteiger partial charge in [-0.15, -0.1) is 0 Å². The zero-order chi connectivity index (χ0) is 47.3. The standard InChI is InChI=1S/C33H54N4O2.C22H41N3O/c1-6-9-13-29-14-18-31(19-15-29)34-33(38)37(26-25-36(23-10-7-2)24-11-8-3)28-30-16-20-32(21-17-30)39-27-12-22-35(4)5;1-5-7-16-25(17-8-6-2)18-14-23-20-21-10-12-22(13-11-21)26-19-9-15-24(3)4/h14-21H,6-13,22-28H2,1-5H3,(H,34,38);10-13,23H,5-9,14-20H2,1-4H3. The van der Waals surface area contributed by atoms with Crippen molar-refractivity contribution in [2.75, 3.05) is 112 Å². The van der Waals surface area contributed by atoms with E-state index in [9.17, 15) is 4.79 Å². The number of nitrogens with zero attached hydrogens (tertiary/aromatic N) is 5. The number of benzene rings is 3. The largest absolute Gasteiger partial charge is 0.494 e. The zero-order valence-electron chi connectivity index (χ0n) is 43.0. The van der Waals surface area contributed by atoms with Crippen LogP contribution in [-0.4, -0.2) is 137 Å². The molecule has 0 unspecified atom stereocenters. The molecule has 10 heteroatoms. The zero-order valence-corrected chi connectivity index (χ0v) is 43.0. The van der Waals surface area contributed by atoms with Crippen LogP contribution in [0.3, 0.4) is 0 Å². The first-order chi connectivity index (χ1) is 31.6. The molecule has 3 aromatic rings. The molecule has 368 valence electrons. The van der Waals surface area contributed by atoms with E-state index in [4.69, 9.17) is 9.47 Å². The van der Waals surface area contributed by atoms with Crippen molar-refractivity contribution in [2.24, 2.45) is 0 Å². The lowest BCUT2D eigenvalue weighted by Crippen LogP contribution is -2.41. The molecule has 0 saturated carbocycles. The molecule has 0 aromatic heterocycles. The van der Waals surface area contributed by atoms with Gasteiger partial charge in [-0.3, -0.25) is 0 Å².